The standard InChI is InChI=1S/C23H24F3N3O5/c1-14(2)28-19(31)11-22(21(32)27-13-23(24,25)26,17-7-9-18(10-8-17)29(33)34)20(28)16-5-3-15(12-30)4-6-16/h3-10,14,20,30H,11-13H2,1-2H3,(H,27,32)/t20-,22-/m1/s1. The van der Waals surface area contributed by atoms with Crippen molar-refractivity contribution in [1.29, 1.82) is 0 Å². The first-order chi connectivity index (χ1) is 15.9. The molecule has 8 nitrogen and oxygen atoms in total. The lowest BCUT2D eigenvalue weighted by atomic mass is 9.70. The Balaban J connectivity index is 2.23. The molecule has 1 aliphatic heterocycles. The number of likely N-dealkylation sites (tertiary alicyclic amines) is 1. The number of hydrogen-bond acceptors (Lipinski definition) is 5. The van der Waals surface area contributed by atoms with E-state index in [2.05, 4.69) is 0 Å². The maximum atomic E-state index is 13.5. The van der Waals surface area contributed by atoms with E-state index in [1.807, 2.05) is 5.32 Å². The van der Waals surface area contributed by atoms with Crippen molar-refractivity contribution in [1.82, 2.24) is 10.2 Å². The van der Waals surface area contributed by atoms with Gasteiger partial charge in [0.05, 0.1) is 17.6 Å². The molecule has 0 bridgehead atoms. The highest BCUT2D eigenvalue weighted by Gasteiger charge is 2.59. The minimum atomic E-state index is -4.68. The third kappa shape index (κ3) is 4.74. The van der Waals surface area contributed by atoms with Crippen molar-refractivity contribution >= 4 is 17.5 Å². The molecule has 2 amide bonds. The van der Waals surface area contributed by atoms with Crippen molar-refractivity contribution in [2.45, 2.75) is 50.6 Å². The number of nitro groups is 1. The van der Waals surface area contributed by atoms with E-state index in [9.17, 15) is 38.0 Å². The molecule has 0 aromatic heterocycles. The van der Waals surface area contributed by atoms with E-state index in [0.29, 0.717) is 11.1 Å². The van der Waals surface area contributed by atoms with Gasteiger partial charge in [-0.2, -0.15) is 13.2 Å². The van der Waals surface area contributed by atoms with Gasteiger partial charge >= 0.3 is 6.18 Å². The molecule has 1 fully saturated rings. The van der Waals surface area contributed by atoms with Crippen LogP contribution in [0.15, 0.2) is 48.5 Å². The van der Waals surface area contributed by atoms with Crippen molar-refractivity contribution in [3.8, 4) is 0 Å². The molecule has 1 aliphatic rings. The van der Waals surface area contributed by atoms with Crippen LogP contribution in [-0.2, 0) is 21.6 Å². The zero-order chi connectivity index (χ0) is 25.3. The number of aliphatic hydroxyl groups is 1. The lowest BCUT2D eigenvalue weighted by Crippen LogP contribution is -2.51. The Labute approximate surface area is 193 Å². The van der Waals surface area contributed by atoms with Gasteiger partial charge in [-0.25, -0.2) is 0 Å². The second kappa shape index (κ2) is 9.41. The third-order valence-corrected chi connectivity index (χ3v) is 5.95. The largest absolute Gasteiger partial charge is 0.405 e. The van der Waals surface area contributed by atoms with Gasteiger partial charge < -0.3 is 15.3 Å². The Morgan fingerprint density at radius 1 is 1.21 bits per heavy atom. The zero-order valence-electron chi connectivity index (χ0n) is 18.5. The molecule has 0 spiro atoms. The van der Waals surface area contributed by atoms with Gasteiger partial charge in [0.2, 0.25) is 11.8 Å². The van der Waals surface area contributed by atoms with Crippen molar-refractivity contribution in [3.05, 3.63) is 75.3 Å². The molecule has 0 radical (unpaired) electrons. The molecule has 1 saturated heterocycles. The van der Waals surface area contributed by atoms with Crippen LogP contribution in [0.25, 0.3) is 0 Å². The molecule has 0 unspecified atom stereocenters. The summed E-state index contributed by atoms with van der Waals surface area (Å²) < 4.78 is 38.9. The number of rotatable bonds is 7. The van der Waals surface area contributed by atoms with E-state index in [0.717, 1.165) is 12.1 Å². The molecule has 2 N–H and O–H groups in total. The second-order valence-corrected chi connectivity index (χ2v) is 8.45. The number of carbonyl (C=O) groups excluding carboxylic acids is 2. The van der Waals surface area contributed by atoms with Gasteiger partial charge in [0, 0.05) is 24.6 Å². The van der Waals surface area contributed by atoms with Crippen LogP contribution in [0.3, 0.4) is 0 Å². The van der Waals surface area contributed by atoms with Crippen LogP contribution < -0.4 is 5.32 Å². The lowest BCUT2D eigenvalue weighted by molar-refractivity contribution is -0.384. The highest BCUT2D eigenvalue weighted by Crippen LogP contribution is 2.51. The normalized spacial score (nSPS) is 20.6. The quantitative estimate of drug-likeness (QED) is 0.467. The van der Waals surface area contributed by atoms with Gasteiger partial charge in [-0.05, 0) is 30.5 Å². The minimum absolute atomic E-state index is 0.186. The Hall–Kier alpha value is -3.47. The maximum absolute atomic E-state index is 13.5. The second-order valence-electron chi connectivity index (χ2n) is 8.45. The molecule has 0 aliphatic carbocycles. The Kier molecular flexibility index (Phi) is 6.97. The molecular weight excluding hydrogens is 455 g/mol. The fraction of sp³-hybridized carbons (Fsp3) is 0.391. The van der Waals surface area contributed by atoms with E-state index < -0.39 is 53.4 Å². The number of halogens is 3. The van der Waals surface area contributed by atoms with Crippen LogP contribution in [0, 0.1) is 10.1 Å². The molecule has 2 aromatic rings. The number of nitrogens with zero attached hydrogens (tertiary/aromatic N) is 2. The average Bonchev–Trinajstić information content (AvgIpc) is 3.11. The number of carbonyl (C=O) groups is 2. The van der Waals surface area contributed by atoms with E-state index in [1.165, 1.54) is 17.0 Å². The van der Waals surface area contributed by atoms with Crippen molar-refractivity contribution in [3.63, 3.8) is 0 Å². The number of nitro benzene ring substituents is 1. The number of alkyl halides is 3. The zero-order valence-corrected chi connectivity index (χ0v) is 18.5. The van der Waals surface area contributed by atoms with E-state index in [4.69, 9.17) is 0 Å². The average molecular weight is 479 g/mol. The predicted octanol–water partition coefficient (Wildman–Crippen LogP) is 3.39. The molecule has 3 rings (SSSR count). The van der Waals surface area contributed by atoms with Gasteiger partial charge in [0.1, 0.15) is 12.0 Å². The minimum Gasteiger partial charge on any atom is -0.392 e. The summed E-state index contributed by atoms with van der Waals surface area (Å²) in [7, 11) is 0. The molecule has 2 atom stereocenters. The summed E-state index contributed by atoms with van der Waals surface area (Å²) in [5, 5.41) is 22.4. The SMILES string of the molecule is CC(C)N1C(=O)C[C@@](C(=O)NCC(F)(F)F)(c2ccc([N+](=O)[O-])cc2)[C@H]1c1ccc(CO)cc1. The molecule has 182 valence electrons. The van der Waals surface area contributed by atoms with Crippen molar-refractivity contribution in [2.24, 2.45) is 0 Å². The maximum Gasteiger partial charge on any atom is 0.405 e. The summed E-state index contributed by atoms with van der Waals surface area (Å²) in [6, 6.07) is 9.96. The Bertz CT molecular complexity index is 1070. The first kappa shape index (κ1) is 25.2. The fourth-order valence-corrected chi connectivity index (χ4v) is 4.46. The topological polar surface area (TPSA) is 113 Å². The summed E-state index contributed by atoms with van der Waals surface area (Å²) in [5.41, 5.74) is -0.791. The van der Waals surface area contributed by atoms with E-state index >= 15 is 0 Å². The van der Waals surface area contributed by atoms with Crippen LogP contribution in [0.4, 0.5) is 18.9 Å². The number of benzene rings is 2. The first-order valence-electron chi connectivity index (χ1n) is 10.5. The monoisotopic (exact) mass is 479 g/mol. The summed E-state index contributed by atoms with van der Waals surface area (Å²) in [6.07, 6.45) is -5.09. The summed E-state index contributed by atoms with van der Waals surface area (Å²) in [6.45, 7) is 1.63. The van der Waals surface area contributed by atoms with Gasteiger partial charge in [-0.3, -0.25) is 19.7 Å². The van der Waals surface area contributed by atoms with E-state index in [1.54, 1.807) is 38.1 Å². The van der Waals surface area contributed by atoms with Gasteiger partial charge in [-0.1, -0.05) is 36.4 Å². The lowest BCUT2D eigenvalue weighted by Gasteiger charge is -2.39. The van der Waals surface area contributed by atoms with Crippen molar-refractivity contribution < 1.29 is 32.8 Å². The molecular formula is C23H24F3N3O5. The number of hydrogen-bond donors (Lipinski definition) is 2. The first-order valence-corrected chi connectivity index (χ1v) is 10.5. The van der Waals surface area contributed by atoms with Gasteiger partial charge in [-0.15, -0.1) is 0 Å². The van der Waals surface area contributed by atoms with Crippen LogP contribution in [0.2, 0.25) is 0 Å². The Morgan fingerprint density at radius 3 is 2.26 bits per heavy atom. The van der Waals surface area contributed by atoms with Crippen LogP contribution in [-0.4, -0.2) is 45.5 Å². The summed E-state index contributed by atoms with van der Waals surface area (Å²) in [4.78, 5) is 38.6. The molecule has 2 aromatic carbocycles. The van der Waals surface area contributed by atoms with Crippen LogP contribution in [0.1, 0.15) is 43.0 Å². The molecule has 0 saturated carbocycles. The molecule has 11 heteroatoms. The molecule has 34 heavy (non-hydrogen) atoms. The van der Waals surface area contributed by atoms with Gasteiger partial charge in [0.15, 0.2) is 0 Å². The smallest absolute Gasteiger partial charge is 0.392 e. The third-order valence-electron chi connectivity index (χ3n) is 5.95. The summed E-state index contributed by atoms with van der Waals surface area (Å²) >= 11 is 0. The number of nitrogens with one attached hydrogen (secondary N) is 1. The van der Waals surface area contributed by atoms with Crippen LogP contribution in [0.5, 0.6) is 0 Å². The number of aliphatic hydroxyl groups excluding tert-OH is 1. The van der Waals surface area contributed by atoms with Crippen molar-refractivity contribution in [2.75, 3.05) is 6.54 Å². The number of amides is 2. The fourth-order valence-electron chi connectivity index (χ4n) is 4.46. The van der Waals surface area contributed by atoms with Crippen LogP contribution >= 0.6 is 0 Å². The van der Waals surface area contributed by atoms with Gasteiger partial charge in [0.25, 0.3) is 5.69 Å². The Morgan fingerprint density at radius 2 is 1.79 bits per heavy atom. The van der Waals surface area contributed by atoms with E-state index in [-0.39, 0.29) is 17.9 Å². The predicted molar refractivity (Wildman–Crippen MR) is 116 cm³/mol. The summed E-state index contributed by atoms with van der Waals surface area (Å²) in [5.74, 6) is -1.45. The highest BCUT2D eigenvalue weighted by molar-refractivity contribution is 5.98. The molecule has 1 heterocycles. The highest BCUT2D eigenvalue weighted by atomic mass is 19.4. The number of non-ortho nitro benzene ring substituents is 1.